The number of nitrogens with one attached hydrogen (secondary N) is 1. The van der Waals surface area contributed by atoms with Gasteiger partial charge in [-0.3, -0.25) is 0 Å². The van der Waals surface area contributed by atoms with Gasteiger partial charge in [-0.25, -0.2) is 4.39 Å². The van der Waals surface area contributed by atoms with Gasteiger partial charge >= 0.3 is 0 Å². The number of methoxy groups -OCH3 is 1. The number of halogens is 1. The molecule has 0 aliphatic heterocycles. The quantitative estimate of drug-likeness (QED) is 0.709. The lowest BCUT2D eigenvalue weighted by molar-refractivity contribution is -0.00626. The third-order valence-electron chi connectivity index (χ3n) is 3.20. The maximum atomic E-state index is 13.4. The van der Waals surface area contributed by atoms with Gasteiger partial charge in [0.25, 0.3) is 0 Å². The van der Waals surface area contributed by atoms with E-state index >= 15 is 0 Å². The van der Waals surface area contributed by atoms with Gasteiger partial charge in [0.2, 0.25) is 0 Å². The predicted molar refractivity (Wildman–Crippen MR) is 84.2 cm³/mol. The van der Waals surface area contributed by atoms with Crippen molar-refractivity contribution < 1.29 is 13.9 Å². The van der Waals surface area contributed by atoms with Gasteiger partial charge in [-0.2, -0.15) is 0 Å². The molecule has 0 aliphatic rings. The Kier molecular flexibility index (Phi) is 7.86. The van der Waals surface area contributed by atoms with Gasteiger partial charge in [0, 0.05) is 26.8 Å². The minimum atomic E-state index is -0.189. The molecule has 0 aromatic heterocycles. The molecule has 0 amide bonds. The van der Waals surface area contributed by atoms with Crippen molar-refractivity contribution in [3.63, 3.8) is 0 Å². The van der Waals surface area contributed by atoms with Crippen molar-refractivity contribution in [1.29, 1.82) is 0 Å². The van der Waals surface area contributed by atoms with E-state index in [1.807, 2.05) is 26.8 Å². The molecule has 1 rings (SSSR count). The van der Waals surface area contributed by atoms with Crippen LogP contribution in [0.3, 0.4) is 0 Å². The molecule has 120 valence electrons. The average Bonchev–Trinajstić information content (AvgIpc) is 2.40. The fraction of sp³-hybridized carbons (Fsp3) is 0.647. The first-order chi connectivity index (χ1) is 9.92. The lowest BCUT2D eigenvalue weighted by Crippen LogP contribution is -2.27. The van der Waals surface area contributed by atoms with Crippen LogP contribution in [0.2, 0.25) is 0 Å². The Morgan fingerprint density at radius 2 is 2.00 bits per heavy atom. The molecular weight excluding hydrogens is 269 g/mol. The lowest BCUT2D eigenvalue weighted by atomic mass is 9.95. The van der Waals surface area contributed by atoms with Crippen LogP contribution >= 0.6 is 0 Å². The second-order valence-electron chi connectivity index (χ2n) is 6.20. The number of hydrogen-bond donors (Lipinski definition) is 1. The number of benzene rings is 1. The number of rotatable bonds is 9. The standard InChI is InChI=1S/C17H28FNO2/c1-17(2,3)21-10-8-15(13-19-9-11-20-4)14-6-5-7-16(18)12-14/h5-7,12,15,19H,8-11,13H2,1-4H3. The zero-order valence-electron chi connectivity index (χ0n) is 13.6. The summed E-state index contributed by atoms with van der Waals surface area (Å²) < 4.78 is 24.2. The highest BCUT2D eigenvalue weighted by Crippen LogP contribution is 2.21. The smallest absolute Gasteiger partial charge is 0.123 e. The van der Waals surface area contributed by atoms with Crippen LogP contribution in [-0.2, 0) is 9.47 Å². The zero-order valence-corrected chi connectivity index (χ0v) is 13.6. The minimum Gasteiger partial charge on any atom is -0.383 e. The molecule has 0 spiro atoms. The summed E-state index contributed by atoms with van der Waals surface area (Å²) in [6, 6.07) is 6.82. The fourth-order valence-corrected chi connectivity index (χ4v) is 2.11. The van der Waals surface area contributed by atoms with E-state index in [1.165, 1.54) is 6.07 Å². The van der Waals surface area contributed by atoms with E-state index in [0.29, 0.717) is 13.2 Å². The molecule has 0 radical (unpaired) electrons. The Bertz CT molecular complexity index is 404. The first-order valence-electron chi connectivity index (χ1n) is 7.51. The summed E-state index contributed by atoms with van der Waals surface area (Å²) in [6.45, 7) is 9.05. The van der Waals surface area contributed by atoms with Crippen molar-refractivity contribution in [3.05, 3.63) is 35.6 Å². The highest BCUT2D eigenvalue weighted by Gasteiger charge is 2.15. The summed E-state index contributed by atoms with van der Waals surface area (Å²) in [5.41, 5.74) is 0.869. The van der Waals surface area contributed by atoms with Crippen LogP contribution in [0.4, 0.5) is 4.39 Å². The molecule has 3 nitrogen and oxygen atoms in total. The summed E-state index contributed by atoms with van der Waals surface area (Å²) in [4.78, 5) is 0. The van der Waals surface area contributed by atoms with Gasteiger partial charge in [-0.05, 0) is 50.8 Å². The Hall–Kier alpha value is -0.970. The molecule has 1 aromatic carbocycles. The van der Waals surface area contributed by atoms with Gasteiger partial charge in [-0.15, -0.1) is 0 Å². The molecule has 4 heteroatoms. The van der Waals surface area contributed by atoms with Gasteiger partial charge in [0.05, 0.1) is 12.2 Å². The molecule has 1 N–H and O–H groups in total. The fourth-order valence-electron chi connectivity index (χ4n) is 2.11. The Morgan fingerprint density at radius 3 is 2.62 bits per heavy atom. The lowest BCUT2D eigenvalue weighted by Gasteiger charge is -2.23. The summed E-state index contributed by atoms with van der Waals surface area (Å²) >= 11 is 0. The van der Waals surface area contributed by atoms with Crippen LogP contribution in [0.25, 0.3) is 0 Å². The second-order valence-corrected chi connectivity index (χ2v) is 6.20. The molecule has 0 fully saturated rings. The topological polar surface area (TPSA) is 30.5 Å². The van der Waals surface area contributed by atoms with E-state index in [9.17, 15) is 4.39 Å². The van der Waals surface area contributed by atoms with Crippen molar-refractivity contribution in [3.8, 4) is 0 Å². The molecule has 0 heterocycles. The van der Waals surface area contributed by atoms with Gasteiger partial charge in [0.1, 0.15) is 5.82 Å². The Balaban J connectivity index is 2.57. The summed E-state index contributed by atoms with van der Waals surface area (Å²) in [7, 11) is 1.68. The summed E-state index contributed by atoms with van der Waals surface area (Å²) in [5.74, 6) is 0.0473. The molecule has 0 aliphatic carbocycles. The van der Waals surface area contributed by atoms with Crippen LogP contribution in [0.5, 0.6) is 0 Å². The molecule has 1 aromatic rings. The first-order valence-corrected chi connectivity index (χ1v) is 7.51. The van der Waals surface area contributed by atoms with Gasteiger partial charge in [0.15, 0.2) is 0 Å². The highest BCUT2D eigenvalue weighted by atomic mass is 19.1. The average molecular weight is 297 g/mol. The summed E-state index contributed by atoms with van der Waals surface area (Å²) in [5, 5.41) is 3.35. The van der Waals surface area contributed by atoms with Gasteiger partial charge < -0.3 is 14.8 Å². The van der Waals surface area contributed by atoms with Crippen molar-refractivity contribution in [2.24, 2.45) is 0 Å². The molecular formula is C17H28FNO2. The van der Waals surface area contributed by atoms with E-state index < -0.39 is 0 Å². The van der Waals surface area contributed by atoms with E-state index in [4.69, 9.17) is 9.47 Å². The zero-order chi connectivity index (χ0) is 15.7. The molecule has 21 heavy (non-hydrogen) atoms. The SMILES string of the molecule is COCCNCC(CCOC(C)(C)C)c1cccc(F)c1. The third kappa shape index (κ3) is 8.15. The van der Waals surface area contributed by atoms with E-state index in [2.05, 4.69) is 5.32 Å². The van der Waals surface area contributed by atoms with Gasteiger partial charge in [-0.1, -0.05) is 12.1 Å². The van der Waals surface area contributed by atoms with E-state index in [0.717, 1.165) is 25.1 Å². The van der Waals surface area contributed by atoms with Crippen LogP contribution in [-0.4, -0.2) is 39.0 Å². The third-order valence-corrected chi connectivity index (χ3v) is 3.20. The molecule has 0 bridgehead atoms. The monoisotopic (exact) mass is 297 g/mol. The van der Waals surface area contributed by atoms with Crippen LogP contribution < -0.4 is 5.32 Å². The first kappa shape index (κ1) is 18.1. The summed E-state index contributed by atoms with van der Waals surface area (Å²) in [6.07, 6.45) is 0.862. The largest absolute Gasteiger partial charge is 0.383 e. The molecule has 0 saturated heterocycles. The van der Waals surface area contributed by atoms with Crippen molar-refractivity contribution >= 4 is 0 Å². The molecule has 1 atom stereocenters. The van der Waals surface area contributed by atoms with Crippen LogP contribution in [0, 0.1) is 5.82 Å². The maximum absolute atomic E-state index is 13.4. The van der Waals surface area contributed by atoms with Crippen LogP contribution in [0.1, 0.15) is 38.7 Å². The maximum Gasteiger partial charge on any atom is 0.123 e. The molecule has 1 unspecified atom stereocenters. The van der Waals surface area contributed by atoms with E-state index in [1.54, 1.807) is 19.2 Å². The van der Waals surface area contributed by atoms with Crippen molar-refractivity contribution in [1.82, 2.24) is 5.32 Å². The van der Waals surface area contributed by atoms with E-state index in [-0.39, 0.29) is 17.3 Å². The van der Waals surface area contributed by atoms with Crippen molar-refractivity contribution in [2.75, 3.05) is 33.4 Å². The predicted octanol–water partition coefficient (Wildman–Crippen LogP) is 3.35. The highest BCUT2D eigenvalue weighted by molar-refractivity contribution is 5.21. The van der Waals surface area contributed by atoms with Crippen molar-refractivity contribution in [2.45, 2.75) is 38.7 Å². The minimum absolute atomic E-state index is 0.143. The van der Waals surface area contributed by atoms with Crippen LogP contribution in [0.15, 0.2) is 24.3 Å². The number of hydrogen-bond acceptors (Lipinski definition) is 3. The Morgan fingerprint density at radius 1 is 1.24 bits per heavy atom. The Labute approximate surface area is 127 Å². The number of ether oxygens (including phenoxy) is 2. The normalized spacial score (nSPS) is 13.4. The second kappa shape index (κ2) is 9.13. The molecule has 0 saturated carbocycles.